The van der Waals surface area contributed by atoms with Gasteiger partial charge in [-0.1, -0.05) is 0 Å². The van der Waals surface area contributed by atoms with Gasteiger partial charge in [-0.05, 0) is 56.3 Å². The van der Waals surface area contributed by atoms with Crippen molar-refractivity contribution in [2.45, 2.75) is 20.0 Å². The maximum absolute atomic E-state index is 12.3. The van der Waals surface area contributed by atoms with Crippen molar-refractivity contribution in [3.8, 4) is 11.5 Å². The summed E-state index contributed by atoms with van der Waals surface area (Å²) in [6.45, 7) is 3.34. The molecule has 1 aliphatic rings. The number of carbonyl (C=O) groups is 3. The van der Waals surface area contributed by atoms with E-state index in [4.69, 9.17) is 14.2 Å². The fourth-order valence-electron chi connectivity index (χ4n) is 2.46. The predicted molar refractivity (Wildman–Crippen MR) is 97.4 cm³/mol. The Morgan fingerprint density at radius 3 is 2.52 bits per heavy atom. The maximum atomic E-state index is 12.3. The Morgan fingerprint density at radius 1 is 1.11 bits per heavy atom. The fraction of sp³-hybridized carbons (Fsp3) is 0.250. The first kappa shape index (κ1) is 18.4. The number of rotatable bonds is 6. The summed E-state index contributed by atoms with van der Waals surface area (Å²) in [7, 11) is 0. The van der Waals surface area contributed by atoms with E-state index >= 15 is 0 Å². The molecule has 7 heteroatoms. The van der Waals surface area contributed by atoms with Crippen LogP contribution >= 0.6 is 0 Å². The third-order valence-corrected chi connectivity index (χ3v) is 3.74. The molecule has 0 saturated carbocycles. The summed E-state index contributed by atoms with van der Waals surface area (Å²) < 4.78 is 15.9. The number of hydrogen-bond acceptors (Lipinski definition) is 6. The summed E-state index contributed by atoms with van der Waals surface area (Å²) in [5, 5.41) is 2.66. The molecule has 2 aromatic rings. The van der Waals surface area contributed by atoms with Crippen LogP contribution in [0.4, 0.5) is 5.69 Å². The Balaban J connectivity index is 1.60. The second-order valence-corrected chi connectivity index (χ2v) is 6.24. The summed E-state index contributed by atoms with van der Waals surface area (Å²) in [4.78, 5) is 35.5. The largest absolute Gasteiger partial charge is 0.485 e. The topological polar surface area (TPSA) is 90.9 Å². The van der Waals surface area contributed by atoms with Crippen molar-refractivity contribution in [1.29, 1.82) is 0 Å². The number of fused-ring (bicyclic) bond motifs is 1. The number of esters is 1. The zero-order chi connectivity index (χ0) is 19.4. The van der Waals surface area contributed by atoms with Crippen molar-refractivity contribution in [2.75, 3.05) is 18.5 Å². The average molecular weight is 369 g/mol. The highest BCUT2D eigenvalue weighted by Gasteiger charge is 2.18. The van der Waals surface area contributed by atoms with Gasteiger partial charge in [-0.3, -0.25) is 9.59 Å². The molecule has 0 aliphatic carbocycles. The third kappa shape index (κ3) is 4.63. The lowest BCUT2D eigenvalue weighted by Gasteiger charge is -2.18. The van der Waals surface area contributed by atoms with Crippen molar-refractivity contribution in [3.05, 3.63) is 53.6 Å². The standard InChI is InChI=1S/C20H19NO6/c1-12(2)27-20(24)13-3-6-15(7-4-13)25-10-17(22)14-5-8-18-16(9-14)21-19(23)11-26-18/h3-9,12H,10-11H2,1-2H3,(H,21,23). The van der Waals surface area contributed by atoms with Crippen molar-refractivity contribution >= 4 is 23.3 Å². The molecule has 0 atom stereocenters. The minimum Gasteiger partial charge on any atom is -0.485 e. The molecule has 0 bridgehead atoms. The second-order valence-electron chi connectivity index (χ2n) is 6.24. The van der Waals surface area contributed by atoms with Crippen LogP contribution < -0.4 is 14.8 Å². The van der Waals surface area contributed by atoms with Gasteiger partial charge >= 0.3 is 5.97 Å². The number of anilines is 1. The van der Waals surface area contributed by atoms with Gasteiger partial charge in [0.05, 0.1) is 17.4 Å². The quantitative estimate of drug-likeness (QED) is 0.622. The summed E-state index contributed by atoms with van der Waals surface area (Å²) in [6, 6.07) is 11.2. The molecular formula is C20H19NO6. The van der Waals surface area contributed by atoms with Crippen molar-refractivity contribution in [3.63, 3.8) is 0 Å². The average Bonchev–Trinajstić information content (AvgIpc) is 2.65. The smallest absolute Gasteiger partial charge is 0.338 e. The van der Waals surface area contributed by atoms with Gasteiger partial charge in [0, 0.05) is 5.56 Å². The number of nitrogens with one attached hydrogen (secondary N) is 1. The molecule has 140 valence electrons. The Labute approximate surface area is 156 Å². The van der Waals surface area contributed by atoms with Crippen LogP contribution in [0.2, 0.25) is 0 Å². The van der Waals surface area contributed by atoms with E-state index in [0.29, 0.717) is 28.3 Å². The first-order valence-electron chi connectivity index (χ1n) is 8.46. The van der Waals surface area contributed by atoms with Gasteiger partial charge < -0.3 is 19.5 Å². The fourth-order valence-corrected chi connectivity index (χ4v) is 2.46. The van der Waals surface area contributed by atoms with Gasteiger partial charge in [0.15, 0.2) is 19.0 Å². The van der Waals surface area contributed by atoms with Gasteiger partial charge in [0.1, 0.15) is 11.5 Å². The van der Waals surface area contributed by atoms with Crippen LogP contribution in [0.25, 0.3) is 0 Å². The highest BCUT2D eigenvalue weighted by atomic mass is 16.5. The van der Waals surface area contributed by atoms with E-state index in [-0.39, 0.29) is 31.0 Å². The Morgan fingerprint density at radius 2 is 1.81 bits per heavy atom. The van der Waals surface area contributed by atoms with E-state index in [0.717, 1.165) is 0 Å². The Bertz CT molecular complexity index is 873. The maximum Gasteiger partial charge on any atom is 0.338 e. The van der Waals surface area contributed by atoms with E-state index in [1.54, 1.807) is 56.3 Å². The van der Waals surface area contributed by atoms with Gasteiger partial charge in [0.2, 0.25) is 0 Å². The number of ether oxygens (including phenoxy) is 3. The molecule has 2 aromatic carbocycles. The molecule has 7 nitrogen and oxygen atoms in total. The highest BCUT2D eigenvalue weighted by molar-refractivity contribution is 6.01. The zero-order valence-electron chi connectivity index (χ0n) is 15.0. The highest BCUT2D eigenvalue weighted by Crippen LogP contribution is 2.28. The predicted octanol–water partition coefficient (Wildman–Crippen LogP) is 2.84. The SMILES string of the molecule is CC(C)OC(=O)c1ccc(OCC(=O)c2ccc3c(c2)NC(=O)CO3)cc1. The number of hydrogen-bond donors (Lipinski definition) is 1. The van der Waals surface area contributed by atoms with Crippen LogP contribution in [-0.4, -0.2) is 37.0 Å². The van der Waals surface area contributed by atoms with Crippen molar-refractivity contribution in [2.24, 2.45) is 0 Å². The third-order valence-electron chi connectivity index (χ3n) is 3.74. The van der Waals surface area contributed by atoms with Crippen LogP contribution in [0.15, 0.2) is 42.5 Å². The van der Waals surface area contributed by atoms with Crippen molar-refractivity contribution in [1.82, 2.24) is 0 Å². The van der Waals surface area contributed by atoms with E-state index in [2.05, 4.69) is 5.32 Å². The molecule has 0 unspecified atom stereocenters. The molecule has 1 heterocycles. The normalized spacial score (nSPS) is 12.6. The van der Waals surface area contributed by atoms with Crippen LogP contribution in [0.5, 0.6) is 11.5 Å². The first-order valence-corrected chi connectivity index (χ1v) is 8.46. The minimum absolute atomic E-state index is 0.0376. The molecular weight excluding hydrogens is 350 g/mol. The second kappa shape index (κ2) is 7.90. The van der Waals surface area contributed by atoms with Gasteiger partial charge in [0.25, 0.3) is 5.91 Å². The van der Waals surface area contributed by atoms with Crippen LogP contribution in [0.1, 0.15) is 34.6 Å². The number of benzene rings is 2. The van der Waals surface area contributed by atoms with Gasteiger partial charge in [-0.25, -0.2) is 4.79 Å². The molecule has 0 fully saturated rings. The summed E-state index contributed by atoms with van der Waals surface area (Å²) >= 11 is 0. The van der Waals surface area contributed by atoms with E-state index in [9.17, 15) is 14.4 Å². The molecule has 1 amide bonds. The summed E-state index contributed by atoms with van der Waals surface area (Å²) in [5.41, 5.74) is 1.27. The number of ketones is 1. The molecule has 0 spiro atoms. The summed E-state index contributed by atoms with van der Waals surface area (Å²) in [5.74, 6) is 0.0567. The monoisotopic (exact) mass is 369 g/mol. The van der Waals surface area contributed by atoms with E-state index < -0.39 is 5.97 Å². The van der Waals surface area contributed by atoms with Gasteiger partial charge in [-0.15, -0.1) is 0 Å². The molecule has 27 heavy (non-hydrogen) atoms. The first-order chi connectivity index (χ1) is 12.9. The van der Waals surface area contributed by atoms with Crippen LogP contribution in [-0.2, 0) is 9.53 Å². The Kier molecular flexibility index (Phi) is 5.40. The number of carbonyl (C=O) groups excluding carboxylic acids is 3. The lowest BCUT2D eigenvalue weighted by molar-refractivity contribution is -0.118. The van der Waals surface area contributed by atoms with E-state index in [1.807, 2.05) is 0 Å². The van der Waals surface area contributed by atoms with E-state index in [1.165, 1.54) is 0 Å². The number of amides is 1. The lowest BCUT2D eigenvalue weighted by Crippen LogP contribution is -2.25. The number of Topliss-reactive ketones (excluding diaryl/α,β-unsaturated/α-hetero) is 1. The molecule has 1 aliphatic heterocycles. The van der Waals surface area contributed by atoms with Crippen LogP contribution in [0, 0.1) is 0 Å². The van der Waals surface area contributed by atoms with Gasteiger partial charge in [-0.2, -0.15) is 0 Å². The van der Waals surface area contributed by atoms with Crippen molar-refractivity contribution < 1.29 is 28.6 Å². The summed E-state index contributed by atoms with van der Waals surface area (Å²) in [6.07, 6.45) is -0.196. The lowest BCUT2D eigenvalue weighted by atomic mass is 10.1. The Hall–Kier alpha value is -3.35. The molecule has 1 N–H and O–H groups in total. The molecule has 3 rings (SSSR count). The zero-order valence-corrected chi connectivity index (χ0v) is 15.0. The molecule has 0 saturated heterocycles. The minimum atomic E-state index is -0.411. The molecule has 0 aromatic heterocycles. The molecule has 0 radical (unpaired) electrons. The van der Waals surface area contributed by atoms with Crippen LogP contribution in [0.3, 0.4) is 0 Å².